The molecule has 5 heteroatoms. The summed E-state index contributed by atoms with van der Waals surface area (Å²) in [7, 11) is 0. The molecule has 1 saturated heterocycles. The fourth-order valence-electron chi connectivity index (χ4n) is 2.78. The van der Waals surface area contributed by atoms with Gasteiger partial charge in [0.2, 0.25) is 0 Å². The Morgan fingerprint density at radius 3 is 2.30 bits per heavy atom. The van der Waals surface area contributed by atoms with Gasteiger partial charge < -0.3 is 14.7 Å². The van der Waals surface area contributed by atoms with E-state index in [0.29, 0.717) is 12.3 Å². The van der Waals surface area contributed by atoms with Crippen molar-refractivity contribution in [3.63, 3.8) is 0 Å². The minimum atomic E-state index is -0.841. The summed E-state index contributed by atoms with van der Waals surface area (Å²) < 4.78 is 5.54. The van der Waals surface area contributed by atoms with Crippen molar-refractivity contribution in [3.8, 4) is 5.75 Å². The van der Waals surface area contributed by atoms with Gasteiger partial charge in [-0.2, -0.15) is 0 Å². The van der Waals surface area contributed by atoms with Gasteiger partial charge in [0.05, 0.1) is 5.92 Å². The summed E-state index contributed by atoms with van der Waals surface area (Å²) in [5.74, 6) is -0.868. The van der Waals surface area contributed by atoms with Crippen LogP contribution in [0.2, 0.25) is 0 Å². The van der Waals surface area contributed by atoms with Crippen LogP contribution in [-0.4, -0.2) is 41.6 Å². The summed E-state index contributed by atoms with van der Waals surface area (Å²) in [6, 6.07) is 7.72. The average Bonchev–Trinajstić information content (AvgIpc) is 2.86. The number of carboxylic acids is 1. The molecule has 2 atom stereocenters. The van der Waals surface area contributed by atoms with E-state index < -0.39 is 11.9 Å². The van der Waals surface area contributed by atoms with Gasteiger partial charge in [0.15, 0.2) is 6.61 Å². The number of ether oxygens (including phenoxy) is 1. The second kappa shape index (κ2) is 6.60. The van der Waals surface area contributed by atoms with Crippen molar-refractivity contribution < 1.29 is 19.4 Å². The van der Waals surface area contributed by atoms with Crippen LogP contribution < -0.4 is 4.74 Å². The molecule has 1 aliphatic rings. The number of nitrogens with zero attached hydrogens (tertiary/aromatic N) is 1. The average molecular weight is 319 g/mol. The zero-order chi connectivity index (χ0) is 17.2. The van der Waals surface area contributed by atoms with Gasteiger partial charge in [-0.1, -0.05) is 39.8 Å². The summed E-state index contributed by atoms with van der Waals surface area (Å²) in [5.41, 5.74) is 1.28. The van der Waals surface area contributed by atoms with Crippen LogP contribution in [0.5, 0.6) is 5.75 Å². The molecular weight excluding hydrogens is 294 g/mol. The number of hydrogen-bond acceptors (Lipinski definition) is 3. The van der Waals surface area contributed by atoms with Gasteiger partial charge in [0.1, 0.15) is 5.75 Å². The molecule has 1 amide bonds. The number of hydrogen-bond donors (Lipinski definition) is 1. The fourth-order valence-corrected chi connectivity index (χ4v) is 2.78. The summed E-state index contributed by atoms with van der Waals surface area (Å²) in [6.45, 7) is 8.95. The number of likely N-dealkylation sites (tertiary alicyclic amines) is 1. The van der Waals surface area contributed by atoms with Crippen LogP contribution in [0.4, 0.5) is 0 Å². The maximum absolute atomic E-state index is 12.2. The van der Waals surface area contributed by atoms with Gasteiger partial charge in [-0.15, -0.1) is 0 Å². The molecule has 0 saturated carbocycles. The number of amides is 1. The minimum Gasteiger partial charge on any atom is -0.484 e. The molecule has 0 spiro atoms. The van der Waals surface area contributed by atoms with Crippen LogP contribution in [-0.2, 0) is 15.0 Å². The van der Waals surface area contributed by atoms with Gasteiger partial charge >= 0.3 is 5.97 Å². The Morgan fingerprint density at radius 2 is 1.83 bits per heavy atom. The molecule has 0 unspecified atom stereocenters. The van der Waals surface area contributed by atoms with Gasteiger partial charge in [0.25, 0.3) is 5.91 Å². The topological polar surface area (TPSA) is 66.8 Å². The Kier molecular flexibility index (Phi) is 4.97. The van der Waals surface area contributed by atoms with E-state index in [9.17, 15) is 9.59 Å². The molecule has 0 aliphatic carbocycles. The van der Waals surface area contributed by atoms with E-state index in [1.54, 1.807) is 4.90 Å². The van der Waals surface area contributed by atoms with Crippen LogP contribution in [0.25, 0.3) is 0 Å². The Morgan fingerprint density at radius 1 is 1.22 bits per heavy atom. The number of rotatable bonds is 4. The first kappa shape index (κ1) is 17.3. The highest BCUT2D eigenvalue weighted by Gasteiger charge is 2.36. The normalized spacial score (nSPS) is 21.3. The van der Waals surface area contributed by atoms with E-state index >= 15 is 0 Å². The van der Waals surface area contributed by atoms with Crippen molar-refractivity contribution in [1.29, 1.82) is 0 Å². The molecule has 1 heterocycles. The second-order valence-electron chi connectivity index (χ2n) is 7.28. The Balaban J connectivity index is 1.89. The summed E-state index contributed by atoms with van der Waals surface area (Å²) in [4.78, 5) is 24.8. The highest BCUT2D eigenvalue weighted by molar-refractivity contribution is 5.80. The molecule has 0 radical (unpaired) electrons. The van der Waals surface area contributed by atoms with Crippen molar-refractivity contribution in [1.82, 2.24) is 4.90 Å². The lowest BCUT2D eigenvalue weighted by molar-refractivity contribution is -0.142. The molecule has 1 aromatic rings. The molecular formula is C18H25NO4. The summed E-state index contributed by atoms with van der Waals surface area (Å²) >= 11 is 0. The van der Waals surface area contributed by atoms with E-state index in [-0.39, 0.29) is 30.4 Å². The van der Waals surface area contributed by atoms with Gasteiger partial charge in [0, 0.05) is 13.1 Å². The second-order valence-corrected chi connectivity index (χ2v) is 7.28. The zero-order valence-electron chi connectivity index (χ0n) is 14.2. The van der Waals surface area contributed by atoms with Crippen LogP contribution >= 0.6 is 0 Å². The quantitative estimate of drug-likeness (QED) is 0.926. The molecule has 1 fully saturated rings. The lowest BCUT2D eigenvalue weighted by atomic mass is 9.87. The number of carbonyl (C=O) groups is 2. The molecule has 0 bridgehead atoms. The van der Waals surface area contributed by atoms with E-state index in [1.807, 2.05) is 31.2 Å². The zero-order valence-corrected chi connectivity index (χ0v) is 14.2. The Labute approximate surface area is 137 Å². The molecule has 1 N–H and O–H groups in total. The maximum atomic E-state index is 12.2. The van der Waals surface area contributed by atoms with Crippen molar-refractivity contribution in [2.24, 2.45) is 11.8 Å². The molecule has 0 aromatic heterocycles. The monoisotopic (exact) mass is 319 g/mol. The molecule has 126 valence electrons. The van der Waals surface area contributed by atoms with Crippen molar-refractivity contribution in [3.05, 3.63) is 29.8 Å². The fraction of sp³-hybridized carbons (Fsp3) is 0.556. The maximum Gasteiger partial charge on any atom is 0.308 e. The Hall–Kier alpha value is -2.04. The third kappa shape index (κ3) is 4.24. The number of carbonyl (C=O) groups excluding carboxylic acids is 1. The number of aliphatic carboxylic acids is 1. The number of carboxylic acid groups (broad SMARTS) is 1. The van der Waals surface area contributed by atoms with E-state index in [2.05, 4.69) is 20.8 Å². The largest absolute Gasteiger partial charge is 0.484 e. The van der Waals surface area contributed by atoms with Crippen LogP contribution in [0.15, 0.2) is 24.3 Å². The SMILES string of the molecule is C[C@@H]1CN(C(=O)COc2ccc(C(C)(C)C)cc2)C[C@H]1C(=O)O. The smallest absolute Gasteiger partial charge is 0.308 e. The van der Waals surface area contributed by atoms with Gasteiger partial charge in [-0.3, -0.25) is 9.59 Å². The van der Waals surface area contributed by atoms with Gasteiger partial charge in [-0.25, -0.2) is 0 Å². The van der Waals surface area contributed by atoms with E-state index in [0.717, 1.165) is 0 Å². The third-order valence-corrected chi connectivity index (χ3v) is 4.36. The third-order valence-electron chi connectivity index (χ3n) is 4.36. The Bertz CT molecular complexity index is 574. The summed E-state index contributed by atoms with van der Waals surface area (Å²) in [6.07, 6.45) is 0. The molecule has 23 heavy (non-hydrogen) atoms. The minimum absolute atomic E-state index is 0.0254. The van der Waals surface area contributed by atoms with Crippen molar-refractivity contribution in [2.75, 3.05) is 19.7 Å². The first-order valence-corrected chi connectivity index (χ1v) is 7.92. The first-order valence-electron chi connectivity index (χ1n) is 7.92. The molecule has 2 rings (SSSR count). The predicted molar refractivity (Wildman–Crippen MR) is 87.5 cm³/mol. The van der Waals surface area contributed by atoms with Gasteiger partial charge in [-0.05, 0) is 29.0 Å². The number of benzene rings is 1. The predicted octanol–water partition coefficient (Wildman–Crippen LogP) is 2.54. The summed E-state index contributed by atoms with van der Waals surface area (Å²) in [5, 5.41) is 9.11. The van der Waals surface area contributed by atoms with Crippen molar-refractivity contribution >= 4 is 11.9 Å². The van der Waals surface area contributed by atoms with Crippen LogP contribution in [0.3, 0.4) is 0 Å². The first-order chi connectivity index (χ1) is 10.7. The molecule has 1 aliphatic heterocycles. The highest BCUT2D eigenvalue weighted by Crippen LogP contribution is 2.25. The standard InChI is InChI=1S/C18H25NO4/c1-12-9-19(10-15(12)17(21)22)16(20)11-23-14-7-5-13(6-8-14)18(2,3)4/h5-8,12,15H,9-11H2,1-4H3,(H,21,22)/t12-,15-/m1/s1. The van der Waals surface area contributed by atoms with E-state index in [4.69, 9.17) is 9.84 Å². The molecule has 5 nitrogen and oxygen atoms in total. The molecule has 1 aromatic carbocycles. The highest BCUT2D eigenvalue weighted by atomic mass is 16.5. The lowest BCUT2D eigenvalue weighted by Gasteiger charge is -2.19. The lowest BCUT2D eigenvalue weighted by Crippen LogP contribution is -2.33. The van der Waals surface area contributed by atoms with Crippen molar-refractivity contribution in [2.45, 2.75) is 33.1 Å². The van der Waals surface area contributed by atoms with E-state index in [1.165, 1.54) is 5.56 Å². The van der Waals surface area contributed by atoms with Crippen LogP contribution in [0, 0.1) is 11.8 Å². The van der Waals surface area contributed by atoms with Crippen LogP contribution in [0.1, 0.15) is 33.3 Å².